The molecule has 2 aromatic carbocycles. The van der Waals surface area contributed by atoms with E-state index in [4.69, 9.17) is 0 Å². The number of rotatable bonds is 7. The van der Waals surface area contributed by atoms with E-state index in [0.29, 0.717) is 5.16 Å². The van der Waals surface area contributed by atoms with E-state index in [1.54, 1.807) is 6.33 Å². The van der Waals surface area contributed by atoms with Gasteiger partial charge in [-0.05, 0) is 43.0 Å². The van der Waals surface area contributed by atoms with Crippen LogP contribution in [0.1, 0.15) is 30.5 Å². The van der Waals surface area contributed by atoms with Crippen LogP contribution in [0.5, 0.6) is 0 Å². The Morgan fingerprint density at radius 3 is 2.37 bits per heavy atom. The van der Waals surface area contributed by atoms with Gasteiger partial charge in [0.15, 0.2) is 5.16 Å². The number of hydrogen-bond acceptors (Lipinski definition) is 4. The van der Waals surface area contributed by atoms with Crippen LogP contribution in [0.3, 0.4) is 0 Å². The van der Waals surface area contributed by atoms with Gasteiger partial charge in [0.2, 0.25) is 5.91 Å². The largest absolute Gasteiger partial charge is 0.325 e. The standard InChI is InChI=1S/C21H24N4OS/c1-4-16-7-6-8-17(5-2)20(16)23-19(26)13-27-21-24-22-14-25(21)18-11-9-15(3)10-12-18/h6-12,14H,4-5,13H2,1-3H3,(H,23,26). The highest BCUT2D eigenvalue weighted by atomic mass is 32.2. The third-order valence-corrected chi connectivity index (χ3v) is 5.37. The van der Waals surface area contributed by atoms with Gasteiger partial charge in [-0.15, -0.1) is 10.2 Å². The van der Waals surface area contributed by atoms with Crippen molar-refractivity contribution >= 4 is 23.4 Å². The first kappa shape index (κ1) is 19.2. The van der Waals surface area contributed by atoms with Crippen LogP contribution >= 0.6 is 11.8 Å². The summed E-state index contributed by atoms with van der Waals surface area (Å²) in [6.07, 6.45) is 3.45. The van der Waals surface area contributed by atoms with E-state index in [1.165, 1.54) is 17.3 Å². The molecule has 1 heterocycles. The smallest absolute Gasteiger partial charge is 0.234 e. The quantitative estimate of drug-likeness (QED) is 0.616. The molecule has 0 radical (unpaired) electrons. The van der Waals surface area contributed by atoms with Crippen LogP contribution in [0.4, 0.5) is 5.69 Å². The zero-order chi connectivity index (χ0) is 19.2. The fraction of sp³-hybridized carbons (Fsp3) is 0.286. The molecule has 0 fully saturated rings. The number of hydrogen-bond donors (Lipinski definition) is 1. The van der Waals surface area contributed by atoms with E-state index < -0.39 is 0 Å². The topological polar surface area (TPSA) is 59.8 Å². The Labute approximate surface area is 164 Å². The Morgan fingerprint density at radius 2 is 1.74 bits per heavy atom. The highest BCUT2D eigenvalue weighted by molar-refractivity contribution is 7.99. The van der Waals surface area contributed by atoms with Crippen LogP contribution < -0.4 is 5.32 Å². The SMILES string of the molecule is CCc1cccc(CC)c1NC(=O)CSc1nncn1-c1ccc(C)cc1. The summed E-state index contributed by atoms with van der Waals surface area (Å²) < 4.78 is 1.90. The summed E-state index contributed by atoms with van der Waals surface area (Å²) >= 11 is 1.38. The maximum Gasteiger partial charge on any atom is 0.234 e. The van der Waals surface area contributed by atoms with E-state index in [2.05, 4.69) is 48.4 Å². The second-order valence-electron chi connectivity index (χ2n) is 6.31. The molecule has 0 saturated heterocycles. The molecular formula is C21H24N4OS. The van der Waals surface area contributed by atoms with Gasteiger partial charge in [-0.3, -0.25) is 9.36 Å². The van der Waals surface area contributed by atoms with Crippen LogP contribution in [0, 0.1) is 6.92 Å². The minimum absolute atomic E-state index is 0.0333. The molecule has 0 aliphatic carbocycles. The second-order valence-corrected chi connectivity index (χ2v) is 7.26. The molecule has 3 aromatic rings. The first-order valence-electron chi connectivity index (χ1n) is 9.12. The Kier molecular flexibility index (Phi) is 6.29. The van der Waals surface area contributed by atoms with Crippen LogP contribution in [0.2, 0.25) is 0 Å². The van der Waals surface area contributed by atoms with Gasteiger partial charge < -0.3 is 5.32 Å². The summed E-state index contributed by atoms with van der Waals surface area (Å²) in [5.74, 6) is 0.250. The Morgan fingerprint density at radius 1 is 1.07 bits per heavy atom. The fourth-order valence-corrected chi connectivity index (χ4v) is 3.64. The lowest BCUT2D eigenvalue weighted by atomic mass is 10.0. The number of carbonyl (C=O) groups is 1. The maximum atomic E-state index is 12.5. The summed E-state index contributed by atoms with van der Waals surface area (Å²) in [7, 11) is 0. The summed E-state index contributed by atoms with van der Waals surface area (Å²) in [5.41, 5.74) is 5.46. The molecule has 5 nitrogen and oxygen atoms in total. The minimum Gasteiger partial charge on any atom is -0.325 e. The normalized spacial score (nSPS) is 10.8. The number of para-hydroxylation sites is 1. The van der Waals surface area contributed by atoms with Crippen molar-refractivity contribution in [3.63, 3.8) is 0 Å². The van der Waals surface area contributed by atoms with Gasteiger partial charge in [0.1, 0.15) is 6.33 Å². The highest BCUT2D eigenvalue weighted by Gasteiger charge is 2.13. The van der Waals surface area contributed by atoms with Crippen molar-refractivity contribution in [2.75, 3.05) is 11.1 Å². The monoisotopic (exact) mass is 380 g/mol. The Balaban J connectivity index is 1.69. The van der Waals surface area contributed by atoms with E-state index in [-0.39, 0.29) is 11.7 Å². The van der Waals surface area contributed by atoms with Crippen molar-refractivity contribution in [1.82, 2.24) is 14.8 Å². The van der Waals surface area contributed by atoms with Crippen LogP contribution in [0.15, 0.2) is 53.9 Å². The van der Waals surface area contributed by atoms with Crippen LogP contribution in [0.25, 0.3) is 5.69 Å². The Hall–Kier alpha value is -2.60. The first-order valence-corrected chi connectivity index (χ1v) is 10.1. The summed E-state index contributed by atoms with van der Waals surface area (Å²) in [6, 6.07) is 14.3. The first-order chi connectivity index (χ1) is 13.1. The van der Waals surface area contributed by atoms with Gasteiger partial charge in [0.25, 0.3) is 0 Å². The van der Waals surface area contributed by atoms with E-state index in [0.717, 1.165) is 35.3 Å². The van der Waals surface area contributed by atoms with Crippen molar-refractivity contribution in [3.05, 3.63) is 65.5 Å². The van der Waals surface area contributed by atoms with Gasteiger partial charge in [0, 0.05) is 11.4 Å². The predicted molar refractivity (Wildman–Crippen MR) is 111 cm³/mol. The van der Waals surface area contributed by atoms with Gasteiger partial charge in [-0.1, -0.05) is 61.5 Å². The summed E-state index contributed by atoms with van der Waals surface area (Å²) in [6.45, 7) is 6.25. The van der Waals surface area contributed by atoms with Gasteiger partial charge >= 0.3 is 0 Å². The number of nitrogens with zero attached hydrogens (tertiary/aromatic N) is 3. The molecule has 0 unspecified atom stereocenters. The molecule has 0 aliphatic heterocycles. The van der Waals surface area contributed by atoms with Gasteiger partial charge in [-0.25, -0.2) is 0 Å². The average Bonchev–Trinajstić information content (AvgIpc) is 3.15. The summed E-state index contributed by atoms with van der Waals surface area (Å²) in [5, 5.41) is 12.0. The van der Waals surface area contributed by atoms with E-state index in [1.807, 2.05) is 34.9 Å². The maximum absolute atomic E-state index is 12.5. The number of aryl methyl sites for hydroxylation is 3. The third kappa shape index (κ3) is 4.57. The molecule has 27 heavy (non-hydrogen) atoms. The minimum atomic E-state index is -0.0333. The molecule has 1 aromatic heterocycles. The molecule has 3 rings (SSSR count). The molecular weight excluding hydrogens is 356 g/mol. The molecule has 0 saturated carbocycles. The molecule has 1 N–H and O–H groups in total. The lowest BCUT2D eigenvalue weighted by Crippen LogP contribution is -2.17. The number of amides is 1. The van der Waals surface area contributed by atoms with Crippen molar-refractivity contribution in [2.45, 2.75) is 38.8 Å². The lowest BCUT2D eigenvalue weighted by molar-refractivity contribution is -0.113. The van der Waals surface area contributed by atoms with E-state index >= 15 is 0 Å². The van der Waals surface area contributed by atoms with Crippen molar-refractivity contribution < 1.29 is 4.79 Å². The lowest BCUT2D eigenvalue weighted by Gasteiger charge is -2.14. The third-order valence-electron chi connectivity index (χ3n) is 4.42. The molecule has 0 aliphatic rings. The molecule has 1 amide bonds. The number of nitrogens with one attached hydrogen (secondary N) is 1. The molecule has 6 heteroatoms. The van der Waals surface area contributed by atoms with Crippen molar-refractivity contribution in [1.29, 1.82) is 0 Å². The van der Waals surface area contributed by atoms with Gasteiger partial charge in [0.05, 0.1) is 5.75 Å². The average molecular weight is 381 g/mol. The highest BCUT2D eigenvalue weighted by Crippen LogP contribution is 2.24. The number of anilines is 1. The van der Waals surface area contributed by atoms with Crippen molar-refractivity contribution in [2.24, 2.45) is 0 Å². The van der Waals surface area contributed by atoms with Crippen LogP contribution in [-0.4, -0.2) is 26.4 Å². The second kappa shape index (κ2) is 8.86. The molecule has 140 valence electrons. The Bertz CT molecular complexity index is 896. The summed E-state index contributed by atoms with van der Waals surface area (Å²) in [4.78, 5) is 12.5. The number of aromatic nitrogens is 3. The molecule has 0 spiro atoms. The fourth-order valence-electron chi connectivity index (χ4n) is 2.91. The van der Waals surface area contributed by atoms with Gasteiger partial charge in [-0.2, -0.15) is 0 Å². The number of thioether (sulfide) groups is 1. The zero-order valence-corrected chi connectivity index (χ0v) is 16.7. The number of carbonyl (C=O) groups excluding carboxylic acids is 1. The number of benzene rings is 2. The predicted octanol–water partition coefficient (Wildman–Crippen LogP) is 4.43. The van der Waals surface area contributed by atoms with Crippen LogP contribution in [-0.2, 0) is 17.6 Å². The van der Waals surface area contributed by atoms with Crippen molar-refractivity contribution in [3.8, 4) is 5.69 Å². The molecule has 0 bridgehead atoms. The van der Waals surface area contributed by atoms with E-state index in [9.17, 15) is 4.79 Å². The zero-order valence-electron chi connectivity index (χ0n) is 15.9. The molecule has 0 atom stereocenters.